The van der Waals surface area contributed by atoms with E-state index in [-0.39, 0.29) is 17.2 Å². The Morgan fingerprint density at radius 2 is 2.21 bits per heavy atom. The van der Waals surface area contributed by atoms with Crippen LogP contribution >= 0.6 is 23.2 Å². The Morgan fingerprint density at radius 1 is 1.47 bits per heavy atom. The van der Waals surface area contributed by atoms with Crippen LogP contribution in [0.3, 0.4) is 0 Å². The Morgan fingerprint density at radius 3 is 2.74 bits per heavy atom. The van der Waals surface area contributed by atoms with E-state index in [9.17, 15) is 4.79 Å². The minimum atomic E-state index is -1.04. The zero-order valence-corrected chi connectivity index (χ0v) is 11.4. The molecule has 0 saturated carbocycles. The number of carboxylic acids is 1. The number of hydrogen-bond acceptors (Lipinski definition) is 3. The third-order valence-electron chi connectivity index (χ3n) is 2.56. The molecule has 0 amide bonds. The predicted molar refractivity (Wildman–Crippen MR) is 71.0 cm³/mol. The lowest BCUT2D eigenvalue weighted by molar-refractivity contribution is 0.0697. The third-order valence-corrected chi connectivity index (χ3v) is 3.21. The van der Waals surface area contributed by atoms with E-state index in [4.69, 9.17) is 33.0 Å². The maximum absolute atomic E-state index is 10.8. The molecule has 0 unspecified atom stereocenters. The summed E-state index contributed by atoms with van der Waals surface area (Å²) >= 11 is 11.8. The number of benzene rings is 1. The van der Waals surface area contributed by atoms with Crippen molar-refractivity contribution < 1.29 is 14.6 Å². The molecule has 2 aromatic rings. The zero-order valence-electron chi connectivity index (χ0n) is 9.93. The molecule has 100 valence electrons. The molecule has 19 heavy (non-hydrogen) atoms. The van der Waals surface area contributed by atoms with Gasteiger partial charge in [0.25, 0.3) is 0 Å². The van der Waals surface area contributed by atoms with Crippen LogP contribution < -0.4 is 4.74 Å². The van der Waals surface area contributed by atoms with Crippen LogP contribution in [0.5, 0.6) is 5.75 Å². The van der Waals surface area contributed by atoms with Crippen molar-refractivity contribution in [3.8, 4) is 5.75 Å². The molecule has 1 aromatic heterocycles. The van der Waals surface area contributed by atoms with Crippen molar-refractivity contribution in [1.82, 2.24) is 9.55 Å². The monoisotopic (exact) mass is 300 g/mol. The van der Waals surface area contributed by atoms with E-state index >= 15 is 0 Å². The van der Waals surface area contributed by atoms with E-state index in [1.165, 1.54) is 24.4 Å². The van der Waals surface area contributed by atoms with E-state index in [0.717, 1.165) is 0 Å². The molecule has 0 radical (unpaired) electrons. The first-order valence-corrected chi connectivity index (χ1v) is 6.06. The van der Waals surface area contributed by atoms with Crippen molar-refractivity contribution in [3.63, 3.8) is 0 Å². The molecule has 0 saturated heterocycles. The number of halogens is 2. The fourth-order valence-electron chi connectivity index (χ4n) is 1.45. The van der Waals surface area contributed by atoms with Crippen molar-refractivity contribution in [2.45, 2.75) is 6.61 Å². The Hall–Kier alpha value is -1.72. The summed E-state index contributed by atoms with van der Waals surface area (Å²) in [6.45, 7) is 0.190. The van der Waals surface area contributed by atoms with Gasteiger partial charge in [0.2, 0.25) is 0 Å². The summed E-state index contributed by atoms with van der Waals surface area (Å²) in [5.41, 5.74) is 0.109. The fraction of sp³-hybridized carbons (Fsp3) is 0.167. The molecular formula is C12H10Cl2N2O3. The highest BCUT2D eigenvalue weighted by molar-refractivity contribution is 6.32. The first-order valence-electron chi connectivity index (χ1n) is 5.30. The molecular weight excluding hydrogens is 291 g/mol. The molecule has 1 heterocycles. The summed E-state index contributed by atoms with van der Waals surface area (Å²) in [5.74, 6) is -0.00139. The number of hydrogen-bond donors (Lipinski definition) is 1. The molecule has 0 aliphatic rings. The van der Waals surface area contributed by atoms with Gasteiger partial charge >= 0.3 is 5.97 Å². The summed E-state index contributed by atoms with van der Waals surface area (Å²) in [5, 5.41) is 9.56. The lowest BCUT2D eigenvalue weighted by atomic mass is 10.2. The average Bonchev–Trinajstić information content (AvgIpc) is 2.68. The van der Waals surface area contributed by atoms with E-state index in [1.807, 2.05) is 0 Å². The maximum atomic E-state index is 10.8. The highest BCUT2D eigenvalue weighted by Gasteiger charge is 2.10. The minimum Gasteiger partial charge on any atom is -0.484 e. The second-order valence-electron chi connectivity index (χ2n) is 3.80. The summed E-state index contributed by atoms with van der Waals surface area (Å²) in [4.78, 5) is 14.8. The van der Waals surface area contributed by atoms with Gasteiger partial charge in [-0.2, -0.15) is 0 Å². The van der Waals surface area contributed by atoms with Gasteiger partial charge in [-0.05, 0) is 18.2 Å². The molecule has 0 bridgehead atoms. The number of ether oxygens (including phenoxy) is 1. The number of nitrogens with zero attached hydrogens (tertiary/aromatic N) is 2. The second kappa shape index (κ2) is 5.50. The van der Waals surface area contributed by atoms with Crippen molar-refractivity contribution >= 4 is 29.2 Å². The van der Waals surface area contributed by atoms with Gasteiger partial charge in [0.05, 0.1) is 16.8 Å². The molecule has 2 rings (SSSR count). The predicted octanol–water partition coefficient (Wildman–Crippen LogP) is 3.00. The molecule has 0 spiro atoms. The highest BCUT2D eigenvalue weighted by Crippen LogP contribution is 2.26. The Labute approximate surface area is 119 Å². The van der Waals surface area contributed by atoms with Crippen LogP contribution in [0.25, 0.3) is 0 Å². The smallest absolute Gasteiger partial charge is 0.335 e. The second-order valence-corrected chi connectivity index (χ2v) is 4.59. The van der Waals surface area contributed by atoms with E-state index < -0.39 is 5.97 Å². The molecule has 1 aromatic carbocycles. The lowest BCUT2D eigenvalue weighted by Gasteiger charge is -2.08. The van der Waals surface area contributed by atoms with Crippen LogP contribution in [0.15, 0.2) is 24.4 Å². The maximum Gasteiger partial charge on any atom is 0.335 e. The number of carbonyl (C=O) groups is 1. The summed E-state index contributed by atoms with van der Waals surface area (Å²) in [7, 11) is 1.77. The molecule has 0 atom stereocenters. The van der Waals surface area contributed by atoms with Gasteiger partial charge in [0.1, 0.15) is 23.3 Å². The summed E-state index contributed by atoms with van der Waals surface area (Å²) < 4.78 is 7.17. The first-order chi connectivity index (χ1) is 8.99. The molecule has 1 N–H and O–H groups in total. The topological polar surface area (TPSA) is 64.4 Å². The quantitative estimate of drug-likeness (QED) is 0.943. The Balaban J connectivity index is 2.12. The molecule has 0 aliphatic carbocycles. The van der Waals surface area contributed by atoms with Gasteiger partial charge in [-0.15, -0.1) is 0 Å². The van der Waals surface area contributed by atoms with Gasteiger partial charge < -0.3 is 14.4 Å². The minimum absolute atomic E-state index is 0.109. The van der Waals surface area contributed by atoms with Crippen LogP contribution in [0, 0.1) is 0 Å². The van der Waals surface area contributed by atoms with E-state index in [0.29, 0.717) is 16.7 Å². The Bertz CT molecular complexity index is 625. The van der Waals surface area contributed by atoms with Crippen molar-refractivity contribution in [1.29, 1.82) is 0 Å². The first kappa shape index (κ1) is 13.7. The summed E-state index contributed by atoms with van der Waals surface area (Å²) in [6, 6.07) is 4.27. The SMILES string of the molecule is Cn1c(Cl)cnc1COc1ccc(C(=O)O)cc1Cl. The van der Waals surface area contributed by atoms with Gasteiger partial charge in [-0.3, -0.25) is 0 Å². The fourth-order valence-corrected chi connectivity index (χ4v) is 1.83. The van der Waals surface area contributed by atoms with Gasteiger partial charge in [-0.25, -0.2) is 9.78 Å². The largest absolute Gasteiger partial charge is 0.484 e. The van der Waals surface area contributed by atoms with Crippen LogP contribution in [0.1, 0.15) is 16.2 Å². The van der Waals surface area contributed by atoms with Crippen LogP contribution in [-0.4, -0.2) is 20.6 Å². The number of aromatic carboxylic acids is 1. The van der Waals surface area contributed by atoms with E-state index in [2.05, 4.69) is 4.98 Å². The van der Waals surface area contributed by atoms with E-state index in [1.54, 1.807) is 11.6 Å². The number of aromatic nitrogens is 2. The number of rotatable bonds is 4. The summed E-state index contributed by atoms with van der Waals surface area (Å²) in [6.07, 6.45) is 1.52. The average molecular weight is 301 g/mol. The third kappa shape index (κ3) is 3.00. The number of imidazole rings is 1. The normalized spacial score (nSPS) is 10.5. The van der Waals surface area contributed by atoms with Gasteiger partial charge in [-0.1, -0.05) is 23.2 Å². The standard InChI is InChI=1S/C12H10Cl2N2O3/c1-16-10(14)5-15-11(16)6-19-9-3-2-7(12(17)18)4-8(9)13/h2-5H,6H2,1H3,(H,17,18). The van der Waals surface area contributed by atoms with Crippen LogP contribution in [-0.2, 0) is 13.7 Å². The van der Waals surface area contributed by atoms with Crippen molar-refractivity contribution in [3.05, 3.63) is 46.0 Å². The lowest BCUT2D eigenvalue weighted by Crippen LogP contribution is -2.04. The van der Waals surface area contributed by atoms with Crippen LogP contribution in [0.4, 0.5) is 0 Å². The van der Waals surface area contributed by atoms with Gasteiger partial charge in [0.15, 0.2) is 0 Å². The van der Waals surface area contributed by atoms with Crippen LogP contribution in [0.2, 0.25) is 10.2 Å². The number of carboxylic acid groups (broad SMARTS) is 1. The van der Waals surface area contributed by atoms with Crippen molar-refractivity contribution in [2.24, 2.45) is 7.05 Å². The molecule has 0 fully saturated rings. The Kier molecular flexibility index (Phi) is 3.97. The van der Waals surface area contributed by atoms with Crippen molar-refractivity contribution in [2.75, 3.05) is 0 Å². The molecule has 7 heteroatoms. The molecule has 0 aliphatic heterocycles. The zero-order chi connectivity index (χ0) is 14.0. The highest BCUT2D eigenvalue weighted by atomic mass is 35.5. The molecule has 5 nitrogen and oxygen atoms in total. The van der Waals surface area contributed by atoms with Gasteiger partial charge in [0, 0.05) is 7.05 Å².